The van der Waals surface area contributed by atoms with Crippen LogP contribution in [0.2, 0.25) is 0 Å². The maximum atomic E-state index is 11.6. The van der Waals surface area contributed by atoms with Crippen LogP contribution in [0, 0.1) is 0 Å². The van der Waals surface area contributed by atoms with E-state index in [1.54, 1.807) is 0 Å². The molecule has 110 valence electrons. The number of hydrogen-bond donors (Lipinski definition) is 4. The number of hydrogen-bond acceptors (Lipinski definition) is 4. The average Bonchev–Trinajstić information content (AvgIpc) is 2.29. The van der Waals surface area contributed by atoms with Gasteiger partial charge in [-0.3, -0.25) is 4.79 Å². The first kappa shape index (κ1) is 15.7. The van der Waals surface area contributed by atoms with Crippen LogP contribution in [0.15, 0.2) is 0 Å². The molecule has 0 unspecified atom stereocenters. The van der Waals surface area contributed by atoms with Crippen molar-refractivity contribution in [3.8, 4) is 0 Å². The summed E-state index contributed by atoms with van der Waals surface area (Å²) in [6, 6.07) is -0.579. The summed E-state index contributed by atoms with van der Waals surface area (Å²) < 4.78 is 5.49. The van der Waals surface area contributed by atoms with Crippen molar-refractivity contribution in [1.29, 1.82) is 0 Å². The van der Waals surface area contributed by atoms with Gasteiger partial charge in [0.05, 0.1) is 25.2 Å². The van der Waals surface area contributed by atoms with Gasteiger partial charge in [0.15, 0.2) is 0 Å². The highest BCUT2D eigenvalue weighted by Gasteiger charge is 2.32. The second kappa shape index (κ2) is 7.30. The van der Waals surface area contributed by atoms with Crippen molar-refractivity contribution in [2.75, 3.05) is 6.61 Å². The predicted molar refractivity (Wildman–Crippen MR) is 67.8 cm³/mol. The van der Waals surface area contributed by atoms with Gasteiger partial charge in [-0.2, -0.15) is 0 Å². The summed E-state index contributed by atoms with van der Waals surface area (Å²) >= 11 is 0. The first-order chi connectivity index (χ1) is 8.92. The zero-order chi connectivity index (χ0) is 14.4. The topological polar surface area (TPSA) is 108 Å². The normalized spacial score (nSPS) is 27.1. The molecule has 1 heterocycles. The summed E-state index contributed by atoms with van der Waals surface area (Å²) in [5.41, 5.74) is 0. The van der Waals surface area contributed by atoms with Crippen molar-refractivity contribution >= 4 is 12.0 Å². The Labute approximate surface area is 112 Å². The van der Waals surface area contributed by atoms with E-state index in [2.05, 4.69) is 10.6 Å². The van der Waals surface area contributed by atoms with Crippen LogP contribution < -0.4 is 10.6 Å². The van der Waals surface area contributed by atoms with E-state index in [1.807, 2.05) is 13.8 Å². The van der Waals surface area contributed by atoms with Crippen LogP contribution in [0.5, 0.6) is 0 Å². The van der Waals surface area contributed by atoms with E-state index in [-0.39, 0.29) is 31.1 Å². The number of carbonyl (C=O) groups is 2. The minimum absolute atomic E-state index is 0.0249. The van der Waals surface area contributed by atoms with Crippen molar-refractivity contribution in [2.24, 2.45) is 0 Å². The van der Waals surface area contributed by atoms with Crippen molar-refractivity contribution in [3.63, 3.8) is 0 Å². The fourth-order valence-corrected chi connectivity index (χ4v) is 2.11. The predicted octanol–water partition coefficient (Wildman–Crippen LogP) is 0.0772. The molecule has 0 bridgehead atoms. The lowest BCUT2D eigenvalue weighted by molar-refractivity contribution is -0.145. The number of aliphatic hydroxyl groups is 1. The van der Waals surface area contributed by atoms with E-state index in [1.165, 1.54) is 0 Å². The maximum Gasteiger partial charge on any atom is 0.315 e. The van der Waals surface area contributed by atoms with Crippen molar-refractivity contribution < 1.29 is 24.5 Å². The van der Waals surface area contributed by atoms with Gasteiger partial charge in [0, 0.05) is 6.04 Å². The largest absolute Gasteiger partial charge is 0.481 e. The van der Waals surface area contributed by atoms with Crippen LogP contribution in [0.4, 0.5) is 4.79 Å². The number of aliphatic hydroxyl groups excluding tert-OH is 1. The Bertz CT molecular complexity index is 321. The van der Waals surface area contributed by atoms with Crippen LogP contribution in [-0.4, -0.2) is 53.1 Å². The molecular weight excluding hydrogens is 252 g/mol. The third-order valence-corrected chi connectivity index (χ3v) is 2.93. The van der Waals surface area contributed by atoms with Gasteiger partial charge in [0.25, 0.3) is 0 Å². The Morgan fingerprint density at radius 3 is 2.58 bits per heavy atom. The molecule has 19 heavy (non-hydrogen) atoms. The van der Waals surface area contributed by atoms with E-state index in [9.17, 15) is 14.7 Å². The van der Waals surface area contributed by atoms with Crippen LogP contribution in [0.1, 0.15) is 33.1 Å². The van der Waals surface area contributed by atoms with Gasteiger partial charge < -0.3 is 25.6 Å². The number of carboxylic acid groups (broad SMARTS) is 1. The smallest absolute Gasteiger partial charge is 0.315 e. The Kier molecular flexibility index (Phi) is 6.04. The first-order valence-electron chi connectivity index (χ1n) is 6.47. The summed E-state index contributed by atoms with van der Waals surface area (Å²) in [4.78, 5) is 22.2. The Balaban J connectivity index is 2.47. The van der Waals surface area contributed by atoms with Gasteiger partial charge in [-0.05, 0) is 26.7 Å². The number of nitrogens with one attached hydrogen (secondary N) is 2. The van der Waals surface area contributed by atoms with E-state index in [0.29, 0.717) is 12.8 Å². The molecule has 1 fully saturated rings. The molecule has 4 N–H and O–H groups in total. The molecule has 0 spiro atoms. The summed E-state index contributed by atoms with van der Waals surface area (Å²) in [5.74, 6) is -0.925. The van der Waals surface area contributed by atoms with E-state index in [0.717, 1.165) is 0 Å². The van der Waals surface area contributed by atoms with Gasteiger partial charge in [-0.15, -0.1) is 0 Å². The third-order valence-electron chi connectivity index (χ3n) is 2.93. The van der Waals surface area contributed by atoms with Crippen LogP contribution in [-0.2, 0) is 9.53 Å². The van der Waals surface area contributed by atoms with Gasteiger partial charge in [-0.1, -0.05) is 0 Å². The van der Waals surface area contributed by atoms with Gasteiger partial charge in [-0.25, -0.2) is 4.79 Å². The number of rotatable bonds is 5. The molecule has 7 heteroatoms. The lowest BCUT2D eigenvalue weighted by Crippen LogP contribution is -2.54. The zero-order valence-electron chi connectivity index (χ0n) is 11.3. The summed E-state index contributed by atoms with van der Waals surface area (Å²) in [5, 5.41) is 23.4. The lowest BCUT2D eigenvalue weighted by atomic mass is 9.97. The molecule has 0 aromatic rings. The Morgan fingerprint density at radius 1 is 1.37 bits per heavy atom. The summed E-state index contributed by atoms with van der Waals surface area (Å²) in [6.07, 6.45) is 0.0998. The number of amides is 2. The summed E-state index contributed by atoms with van der Waals surface area (Å²) in [6.45, 7) is 3.45. The van der Waals surface area contributed by atoms with Gasteiger partial charge >= 0.3 is 12.0 Å². The minimum Gasteiger partial charge on any atom is -0.481 e. The molecule has 0 aromatic heterocycles. The molecule has 0 aromatic carbocycles. The SMILES string of the molecule is CC(C)NC(=O)N[C@@H]1CC[C@H](CC(=O)O)O[C@@H]1CO. The molecule has 1 saturated heterocycles. The molecular formula is C12H22N2O5. The minimum atomic E-state index is -0.925. The molecule has 0 aliphatic carbocycles. The monoisotopic (exact) mass is 274 g/mol. The number of urea groups is 1. The third kappa shape index (κ3) is 5.44. The van der Waals surface area contributed by atoms with Gasteiger partial charge in [0.2, 0.25) is 0 Å². The maximum absolute atomic E-state index is 11.6. The van der Waals surface area contributed by atoms with Gasteiger partial charge in [0.1, 0.15) is 6.10 Å². The molecule has 1 aliphatic heterocycles. The number of carbonyl (C=O) groups excluding carboxylic acids is 1. The number of ether oxygens (including phenoxy) is 1. The lowest BCUT2D eigenvalue weighted by Gasteiger charge is -2.35. The quantitative estimate of drug-likeness (QED) is 0.568. The highest BCUT2D eigenvalue weighted by molar-refractivity contribution is 5.74. The molecule has 3 atom stereocenters. The Morgan fingerprint density at radius 2 is 2.05 bits per heavy atom. The van der Waals surface area contributed by atoms with E-state index >= 15 is 0 Å². The molecule has 2 amide bonds. The summed E-state index contributed by atoms with van der Waals surface area (Å²) in [7, 11) is 0. The second-order valence-corrected chi connectivity index (χ2v) is 5.03. The fourth-order valence-electron chi connectivity index (χ4n) is 2.11. The molecule has 1 aliphatic rings. The average molecular weight is 274 g/mol. The highest BCUT2D eigenvalue weighted by atomic mass is 16.5. The van der Waals surface area contributed by atoms with Crippen molar-refractivity contribution in [3.05, 3.63) is 0 Å². The van der Waals surface area contributed by atoms with E-state index < -0.39 is 18.2 Å². The number of aliphatic carboxylic acids is 1. The molecule has 7 nitrogen and oxygen atoms in total. The first-order valence-corrected chi connectivity index (χ1v) is 6.47. The molecule has 0 saturated carbocycles. The van der Waals surface area contributed by atoms with Crippen LogP contribution in [0.25, 0.3) is 0 Å². The van der Waals surface area contributed by atoms with E-state index in [4.69, 9.17) is 9.84 Å². The Hall–Kier alpha value is -1.34. The van der Waals surface area contributed by atoms with Crippen LogP contribution in [0.3, 0.4) is 0 Å². The number of carboxylic acids is 1. The highest BCUT2D eigenvalue weighted by Crippen LogP contribution is 2.21. The fraction of sp³-hybridized carbons (Fsp3) is 0.833. The van der Waals surface area contributed by atoms with Crippen molar-refractivity contribution in [1.82, 2.24) is 10.6 Å². The molecule has 0 radical (unpaired) electrons. The van der Waals surface area contributed by atoms with Crippen LogP contribution >= 0.6 is 0 Å². The molecule has 1 rings (SSSR count). The standard InChI is InChI=1S/C12H22N2O5/c1-7(2)13-12(18)14-9-4-3-8(5-11(16)17)19-10(9)6-15/h7-10,15H,3-6H2,1-2H3,(H,16,17)(H2,13,14,18)/t8-,9-,10-/m1/s1. The van der Waals surface area contributed by atoms with Crippen molar-refractivity contribution in [2.45, 2.75) is 57.4 Å². The second-order valence-electron chi connectivity index (χ2n) is 5.03. The zero-order valence-corrected chi connectivity index (χ0v) is 11.3.